The Balaban J connectivity index is 0.00000256. The van der Waals surface area contributed by atoms with Crippen molar-refractivity contribution in [3.63, 3.8) is 0 Å². The second-order valence-corrected chi connectivity index (χ2v) is 4.48. The number of aliphatic hydroxyl groups is 1. The predicted octanol–water partition coefficient (Wildman–Crippen LogP) is 2.22. The van der Waals surface area contributed by atoms with Gasteiger partial charge in [-0.3, -0.25) is 0 Å². The van der Waals surface area contributed by atoms with Gasteiger partial charge in [-0.2, -0.15) is 0 Å². The van der Waals surface area contributed by atoms with Crippen molar-refractivity contribution < 1.29 is 9.84 Å². The van der Waals surface area contributed by atoms with E-state index >= 15 is 0 Å². The van der Waals surface area contributed by atoms with Crippen molar-refractivity contribution in [1.29, 1.82) is 0 Å². The van der Waals surface area contributed by atoms with E-state index in [9.17, 15) is 5.11 Å². The molecule has 1 rings (SSSR count). The molecule has 0 saturated carbocycles. The number of hydrogen-bond donors (Lipinski definition) is 2. The lowest BCUT2D eigenvalue weighted by Gasteiger charge is -2.20. The highest BCUT2D eigenvalue weighted by atomic mass is 35.5. The molecule has 0 aliphatic heterocycles. The molecule has 0 amide bonds. The second-order valence-electron chi connectivity index (χ2n) is 4.48. The zero-order valence-electron chi connectivity index (χ0n) is 10.4. The number of benzene rings is 1. The average molecular weight is 260 g/mol. The topological polar surface area (TPSA) is 55.5 Å². The Morgan fingerprint density at radius 1 is 1.24 bits per heavy atom. The average Bonchev–Trinajstić information content (AvgIpc) is 2.26. The fraction of sp³-hybridized carbons (Fsp3) is 0.538. The van der Waals surface area contributed by atoms with Crippen molar-refractivity contribution >= 4 is 12.4 Å². The summed E-state index contributed by atoms with van der Waals surface area (Å²) in [6.07, 6.45) is 0.196. The minimum absolute atomic E-state index is 0. The molecule has 3 N–H and O–H groups in total. The van der Waals surface area contributed by atoms with Crippen LogP contribution in [0, 0.1) is 5.92 Å². The van der Waals surface area contributed by atoms with E-state index in [1.165, 1.54) is 0 Å². The first-order valence-electron chi connectivity index (χ1n) is 5.71. The van der Waals surface area contributed by atoms with Gasteiger partial charge in [0.25, 0.3) is 0 Å². The Kier molecular flexibility index (Phi) is 7.96. The largest absolute Gasteiger partial charge is 0.491 e. The van der Waals surface area contributed by atoms with Crippen molar-refractivity contribution in [3.8, 4) is 5.75 Å². The van der Waals surface area contributed by atoms with Gasteiger partial charge in [-0.1, -0.05) is 32.0 Å². The Bertz CT molecular complexity index is 293. The molecule has 0 aliphatic rings. The molecule has 0 heterocycles. The summed E-state index contributed by atoms with van der Waals surface area (Å²) >= 11 is 0. The number of ether oxygens (including phenoxy) is 1. The third-order valence-corrected chi connectivity index (χ3v) is 2.40. The third kappa shape index (κ3) is 6.51. The lowest BCUT2D eigenvalue weighted by Crippen LogP contribution is -2.39. The van der Waals surface area contributed by atoms with Gasteiger partial charge in [0.1, 0.15) is 18.5 Å². The Hall–Kier alpha value is -0.770. The van der Waals surface area contributed by atoms with E-state index in [2.05, 4.69) is 13.8 Å². The standard InChI is InChI=1S/C13H21NO2.ClH/c1-10(2)8-12(14)13(15)9-16-11-6-4-3-5-7-11;/h3-7,10,12-13,15H,8-9,14H2,1-2H3;1H. The van der Waals surface area contributed by atoms with Gasteiger partial charge in [-0.15, -0.1) is 12.4 Å². The SMILES string of the molecule is CC(C)CC(N)C(O)COc1ccccc1.Cl. The van der Waals surface area contributed by atoms with Crippen LogP contribution in [-0.4, -0.2) is 23.9 Å². The Morgan fingerprint density at radius 2 is 1.82 bits per heavy atom. The zero-order chi connectivity index (χ0) is 12.0. The summed E-state index contributed by atoms with van der Waals surface area (Å²) in [4.78, 5) is 0. The van der Waals surface area contributed by atoms with Gasteiger partial charge >= 0.3 is 0 Å². The highest BCUT2D eigenvalue weighted by molar-refractivity contribution is 5.85. The molecule has 0 aromatic heterocycles. The van der Waals surface area contributed by atoms with Crippen molar-refractivity contribution in [3.05, 3.63) is 30.3 Å². The predicted molar refractivity (Wildman–Crippen MR) is 72.6 cm³/mol. The quantitative estimate of drug-likeness (QED) is 0.824. The molecule has 2 unspecified atom stereocenters. The van der Waals surface area contributed by atoms with Crippen LogP contribution in [0.3, 0.4) is 0 Å². The normalized spacial score (nSPS) is 13.9. The van der Waals surface area contributed by atoms with Gasteiger partial charge in [0.05, 0.1) is 0 Å². The summed E-state index contributed by atoms with van der Waals surface area (Å²) < 4.78 is 5.44. The van der Waals surface area contributed by atoms with Crippen molar-refractivity contribution in [1.82, 2.24) is 0 Å². The lowest BCUT2D eigenvalue weighted by molar-refractivity contribution is 0.0788. The van der Waals surface area contributed by atoms with Gasteiger partial charge in [0.2, 0.25) is 0 Å². The molecule has 2 atom stereocenters. The number of para-hydroxylation sites is 1. The first-order valence-corrected chi connectivity index (χ1v) is 5.71. The Morgan fingerprint density at radius 3 is 2.35 bits per heavy atom. The summed E-state index contributed by atoms with van der Waals surface area (Å²) in [6, 6.07) is 9.23. The molecule has 0 spiro atoms. The van der Waals surface area contributed by atoms with Gasteiger partial charge in [0, 0.05) is 6.04 Å². The second kappa shape index (κ2) is 8.34. The van der Waals surface area contributed by atoms with Crippen LogP contribution in [0.5, 0.6) is 5.75 Å². The molecule has 0 saturated heterocycles. The van der Waals surface area contributed by atoms with Crippen LogP contribution in [0.25, 0.3) is 0 Å². The molecule has 1 aromatic rings. The van der Waals surface area contributed by atoms with Crippen LogP contribution in [0.4, 0.5) is 0 Å². The summed E-state index contributed by atoms with van der Waals surface area (Å²) in [5.74, 6) is 1.25. The van der Waals surface area contributed by atoms with Gasteiger partial charge in [0.15, 0.2) is 0 Å². The van der Waals surface area contributed by atoms with E-state index in [0.717, 1.165) is 12.2 Å². The van der Waals surface area contributed by atoms with Crippen molar-refractivity contribution in [2.45, 2.75) is 32.4 Å². The lowest BCUT2D eigenvalue weighted by atomic mass is 10.0. The molecule has 3 nitrogen and oxygen atoms in total. The molecule has 98 valence electrons. The molecule has 0 aliphatic carbocycles. The summed E-state index contributed by atoms with van der Waals surface area (Å²) in [6.45, 7) is 4.42. The van der Waals surface area contributed by atoms with Crippen LogP contribution in [-0.2, 0) is 0 Å². The molecule has 0 radical (unpaired) electrons. The summed E-state index contributed by atoms with van der Waals surface area (Å²) in [5, 5.41) is 9.78. The molecule has 0 fully saturated rings. The van der Waals surface area contributed by atoms with E-state index in [-0.39, 0.29) is 25.1 Å². The fourth-order valence-corrected chi connectivity index (χ4v) is 1.52. The number of hydrogen-bond acceptors (Lipinski definition) is 3. The van der Waals surface area contributed by atoms with E-state index in [1.54, 1.807) is 0 Å². The third-order valence-electron chi connectivity index (χ3n) is 2.40. The molecule has 0 bridgehead atoms. The fourth-order valence-electron chi connectivity index (χ4n) is 1.52. The first kappa shape index (κ1) is 16.2. The maximum atomic E-state index is 9.78. The Labute approximate surface area is 109 Å². The highest BCUT2D eigenvalue weighted by Gasteiger charge is 2.16. The molecular formula is C13H22ClNO2. The minimum Gasteiger partial charge on any atom is -0.491 e. The molecular weight excluding hydrogens is 238 g/mol. The number of rotatable bonds is 6. The van der Waals surface area contributed by atoms with Crippen LogP contribution >= 0.6 is 12.4 Å². The monoisotopic (exact) mass is 259 g/mol. The van der Waals surface area contributed by atoms with E-state index < -0.39 is 6.10 Å². The van der Waals surface area contributed by atoms with Crippen molar-refractivity contribution in [2.75, 3.05) is 6.61 Å². The molecule has 4 heteroatoms. The van der Waals surface area contributed by atoms with Crippen LogP contribution in [0.1, 0.15) is 20.3 Å². The maximum absolute atomic E-state index is 9.78. The zero-order valence-corrected chi connectivity index (χ0v) is 11.2. The van der Waals surface area contributed by atoms with Gasteiger partial charge in [-0.05, 0) is 24.5 Å². The molecule has 1 aromatic carbocycles. The van der Waals surface area contributed by atoms with Crippen LogP contribution in [0.2, 0.25) is 0 Å². The van der Waals surface area contributed by atoms with Crippen molar-refractivity contribution in [2.24, 2.45) is 11.7 Å². The van der Waals surface area contributed by atoms with E-state index in [4.69, 9.17) is 10.5 Å². The van der Waals surface area contributed by atoms with Gasteiger partial charge < -0.3 is 15.6 Å². The van der Waals surface area contributed by atoms with E-state index in [1.807, 2.05) is 30.3 Å². The molecule has 17 heavy (non-hydrogen) atoms. The summed E-state index contributed by atoms with van der Waals surface area (Å²) in [7, 11) is 0. The van der Waals surface area contributed by atoms with Crippen LogP contribution < -0.4 is 10.5 Å². The smallest absolute Gasteiger partial charge is 0.119 e. The first-order chi connectivity index (χ1) is 7.59. The maximum Gasteiger partial charge on any atom is 0.119 e. The number of nitrogens with two attached hydrogens (primary N) is 1. The minimum atomic E-state index is -0.609. The van der Waals surface area contributed by atoms with Crippen LogP contribution in [0.15, 0.2) is 30.3 Å². The number of halogens is 1. The number of aliphatic hydroxyl groups excluding tert-OH is 1. The van der Waals surface area contributed by atoms with E-state index in [0.29, 0.717) is 5.92 Å². The summed E-state index contributed by atoms with van der Waals surface area (Å²) in [5.41, 5.74) is 5.85. The van der Waals surface area contributed by atoms with Gasteiger partial charge in [-0.25, -0.2) is 0 Å². The highest BCUT2D eigenvalue weighted by Crippen LogP contribution is 2.11.